The summed E-state index contributed by atoms with van der Waals surface area (Å²) >= 11 is 0. The Morgan fingerprint density at radius 3 is 2.16 bits per heavy atom. The lowest BCUT2D eigenvalue weighted by atomic mass is 9.66. The number of benzene rings is 3. The molecule has 0 radical (unpaired) electrons. The lowest BCUT2D eigenvalue weighted by molar-refractivity contribution is -0.135. The van der Waals surface area contributed by atoms with Crippen molar-refractivity contribution in [2.45, 2.75) is 57.2 Å². The van der Waals surface area contributed by atoms with Crippen LogP contribution in [0.2, 0.25) is 0 Å². The Kier molecular flexibility index (Phi) is 13.1. The maximum absolute atomic E-state index is 13.5. The lowest BCUT2D eigenvalue weighted by Crippen LogP contribution is -2.69. The SMILES string of the molecule is COc1ccc(C(C)C)cc1CN[C@H]1[C@H]2CCN(C[C@@H]2C(=O)NCCC(N)=O)[C@H]1C(c1ccccc1)c1ccccc1.Cl.Cl. The van der Waals surface area contributed by atoms with Gasteiger partial charge in [-0.15, -0.1) is 24.8 Å². The fraction of sp³-hybridized carbons (Fsp3) is 0.429. The third kappa shape index (κ3) is 7.94. The van der Waals surface area contributed by atoms with Crippen LogP contribution in [-0.2, 0) is 16.1 Å². The van der Waals surface area contributed by atoms with E-state index in [2.05, 4.69) is 108 Å². The third-order valence-electron chi connectivity index (χ3n) is 9.11. The van der Waals surface area contributed by atoms with Crippen LogP contribution in [-0.4, -0.2) is 55.5 Å². The van der Waals surface area contributed by atoms with Gasteiger partial charge in [-0.1, -0.05) is 86.6 Å². The van der Waals surface area contributed by atoms with Crippen molar-refractivity contribution in [2.24, 2.45) is 17.6 Å². The van der Waals surface area contributed by atoms with E-state index < -0.39 is 5.91 Å². The van der Waals surface area contributed by atoms with E-state index in [1.807, 2.05) is 0 Å². The van der Waals surface area contributed by atoms with Gasteiger partial charge in [-0.25, -0.2) is 0 Å². The quantitative estimate of drug-likeness (QED) is 0.251. The standard InChI is InChI=1S/C35H44N4O3.2ClH/c1-23(2)26-14-15-30(42-3)27(20-26)21-38-33-28-17-19-39(22-29(28)35(41)37-18-16-31(36)40)34(33)32(24-10-6-4-7-11-24)25-12-8-5-9-13-25;;/h4-15,20,23,28-29,32-34,38H,16-19,21-22H2,1-3H3,(H2,36,40)(H,37,41);2*1H/t28-,29-,33-,34-;;/m0../s1. The Morgan fingerprint density at radius 1 is 0.955 bits per heavy atom. The molecule has 2 bridgehead atoms. The van der Waals surface area contributed by atoms with E-state index in [9.17, 15) is 9.59 Å². The summed E-state index contributed by atoms with van der Waals surface area (Å²) in [7, 11) is 1.72. The molecule has 4 N–H and O–H groups in total. The van der Waals surface area contributed by atoms with Crippen LogP contribution >= 0.6 is 24.8 Å². The summed E-state index contributed by atoms with van der Waals surface area (Å²) in [5.74, 6) is 0.984. The average molecular weight is 642 g/mol. The zero-order chi connectivity index (χ0) is 29.6. The Labute approximate surface area is 274 Å². The van der Waals surface area contributed by atoms with E-state index in [0.717, 1.165) is 24.3 Å². The number of hydrogen-bond donors (Lipinski definition) is 3. The van der Waals surface area contributed by atoms with E-state index in [1.54, 1.807) is 7.11 Å². The zero-order valence-corrected chi connectivity index (χ0v) is 27.4. The van der Waals surface area contributed by atoms with Crippen molar-refractivity contribution in [2.75, 3.05) is 26.7 Å². The summed E-state index contributed by atoms with van der Waals surface area (Å²) in [5, 5.41) is 6.96. The summed E-state index contributed by atoms with van der Waals surface area (Å²) in [6.07, 6.45) is 1.08. The highest BCUT2D eigenvalue weighted by Gasteiger charge is 2.52. The van der Waals surface area contributed by atoms with Gasteiger partial charge >= 0.3 is 0 Å². The van der Waals surface area contributed by atoms with Crippen LogP contribution < -0.4 is 21.1 Å². The van der Waals surface area contributed by atoms with Gasteiger partial charge in [-0.3, -0.25) is 14.5 Å². The molecule has 1 unspecified atom stereocenters. The second-order valence-corrected chi connectivity index (χ2v) is 12.0. The van der Waals surface area contributed by atoms with Crippen molar-refractivity contribution in [3.63, 3.8) is 0 Å². The maximum atomic E-state index is 13.5. The van der Waals surface area contributed by atoms with Crippen molar-refractivity contribution in [3.05, 3.63) is 101 Å². The predicted octanol–water partition coefficient (Wildman–Crippen LogP) is 5.26. The molecule has 3 aromatic carbocycles. The van der Waals surface area contributed by atoms with Gasteiger partial charge in [0.1, 0.15) is 5.75 Å². The van der Waals surface area contributed by atoms with Gasteiger partial charge in [0.25, 0.3) is 0 Å². The van der Waals surface area contributed by atoms with Gasteiger partial charge in [0.15, 0.2) is 0 Å². The first-order valence-electron chi connectivity index (χ1n) is 15.2. The minimum atomic E-state index is -0.407. The second kappa shape index (κ2) is 16.3. The molecule has 3 aromatic rings. The molecule has 0 spiro atoms. The summed E-state index contributed by atoms with van der Waals surface area (Å²) in [5.41, 5.74) is 10.3. The van der Waals surface area contributed by atoms with E-state index in [-0.39, 0.29) is 73.5 Å². The van der Waals surface area contributed by atoms with Crippen LogP contribution in [0, 0.1) is 11.8 Å². The number of nitrogens with two attached hydrogens (primary N) is 1. The maximum Gasteiger partial charge on any atom is 0.224 e. The Balaban J connectivity index is 0.00000264. The summed E-state index contributed by atoms with van der Waals surface area (Å²) in [6.45, 7) is 6.96. The first-order valence-corrected chi connectivity index (χ1v) is 15.2. The molecule has 3 aliphatic rings. The molecule has 44 heavy (non-hydrogen) atoms. The topological polar surface area (TPSA) is 96.7 Å². The van der Waals surface area contributed by atoms with Gasteiger partial charge in [0.2, 0.25) is 11.8 Å². The number of fused-ring (bicyclic) bond motifs is 3. The van der Waals surface area contributed by atoms with E-state index >= 15 is 0 Å². The largest absolute Gasteiger partial charge is 0.496 e. The second-order valence-electron chi connectivity index (χ2n) is 12.0. The van der Waals surface area contributed by atoms with Crippen LogP contribution in [0.25, 0.3) is 0 Å². The summed E-state index contributed by atoms with van der Waals surface area (Å²) < 4.78 is 5.77. The van der Waals surface area contributed by atoms with Crippen LogP contribution in [0.4, 0.5) is 0 Å². The highest BCUT2D eigenvalue weighted by Crippen LogP contribution is 2.44. The molecule has 0 saturated carbocycles. The molecule has 3 heterocycles. The predicted molar refractivity (Wildman–Crippen MR) is 181 cm³/mol. The minimum Gasteiger partial charge on any atom is -0.496 e. The van der Waals surface area contributed by atoms with E-state index in [0.29, 0.717) is 19.0 Å². The molecule has 5 atom stereocenters. The molecule has 3 fully saturated rings. The van der Waals surface area contributed by atoms with Crippen molar-refractivity contribution in [1.29, 1.82) is 0 Å². The molecule has 2 amide bonds. The first-order chi connectivity index (χ1) is 20.4. The average Bonchev–Trinajstić information content (AvgIpc) is 3.01. The van der Waals surface area contributed by atoms with Gasteiger partial charge in [0, 0.05) is 49.6 Å². The number of primary amides is 1. The molecule has 3 saturated heterocycles. The number of rotatable bonds is 12. The molecular formula is C35H46Cl2N4O3. The first kappa shape index (κ1) is 35.4. The molecule has 3 aliphatic heterocycles. The van der Waals surface area contributed by atoms with Crippen LogP contribution in [0.5, 0.6) is 5.75 Å². The van der Waals surface area contributed by atoms with Gasteiger partial charge in [-0.2, -0.15) is 0 Å². The highest BCUT2D eigenvalue weighted by atomic mass is 35.5. The molecule has 9 heteroatoms. The smallest absolute Gasteiger partial charge is 0.224 e. The number of methoxy groups -OCH3 is 1. The van der Waals surface area contributed by atoms with Gasteiger partial charge in [0.05, 0.1) is 13.0 Å². The minimum absolute atomic E-state index is 0. The molecule has 0 aliphatic carbocycles. The number of halogens is 2. The van der Waals surface area contributed by atoms with E-state index in [4.69, 9.17) is 10.5 Å². The number of hydrogen-bond acceptors (Lipinski definition) is 5. The Morgan fingerprint density at radius 2 is 1.59 bits per heavy atom. The number of ether oxygens (including phenoxy) is 1. The van der Waals surface area contributed by atoms with Crippen molar-refractivity contribution in [1.82, 2.24) is 15.5 Å². The number of amides is 2. The third-order valence-corrected chi connectivity index (χ3v) is 9.11. The molecular weight excluding hydrogens is 595 g/mol. The van der Waals surface area contributed by atoms with Crippen molar-refractivity contribution < 1.29 is 14.3 Å². The van der Waals surface area contributed by atoms with Gasteiger partial charge in [-0.05, 0) is 47.6 Å². The molecule has 238 valence electrons. The summed E-state index contributed by atoms with van der Waals surface area (Å²) in [6, 6.07) is 28.1. The summed E-state index contributed by atoms with van der Waals surface area (Å²) in [4.78, 5) is 27.3. The van der Waals surface area contributed by atoms with Crippen LogP contribution in [0.3, 0.4) is 0 Å². The molecule has 0 aromatic heterocycles. The Hall–Kier alpha value is -3.10. The number of carbonyl (C=O) groups is 2. The fourth-order valence-corrected chi connectivity index (χ4v) is 7.02. The van der Waals surface area contributed by atoms with Crippen LogP contribution in [0.15, 0.2) is 78.9 Å². The molecule has 6 rings (SSSR count). The van der Waals surface area contributed by atoms with Gasteiger partial charge < -0.3 is 21.1 Å². The fourth-order valence-electron chi connectivity index (χ4n) is 7.02. The Bertz CT molecular complexity index is 1320. The number of piperidine rings is 3. The van der Waals surface area contributed by atoms with Crippen LogP contribution in [0.1, 0.15) is 60.8 Å². The van der Waals surface area contributed by atoms with Crippen molar-refractivity contribution in [3.8, 4) is 5.75 Å². The van der Waals surface area contributed by atoms with E-state index in [1.165, 1.54) is 16.7 Å². The lowest BCUT2D eigenvalue weighted by Gasteiger charge is -2.56. The molecule has 7 nitrogen and oxygen atoms in total. The highest BCUT2D eigenvalue weighted by molar-refractivity contribution is 5.85. The van der Waals surface area contributed by atoms with Crippen molar-refractivity contribution >= 4 is 36.6 Å². The number of carbonyl (C=O) groups excluding carboxylic acids is 2. The number of nitrogens with one attached hydrogen (secondary N) is 2. The number of nitrogens with zero attached hydrogens (tertiary/aromatic N) is 1. The zero-order valence-electron chi connectivity index (χ0n) is 25.8. The monoisotopic (exact) mass is 640 g/mol. The normalized spacial score (nSPS) is 22.2.